The van der Waals surface area contributed by atoms with E-state index >= 15 is 0 Å². The third-order valence-corrected chi connectivity index (χ3v) is 6.88. The van der Waals surface area contributed by atoms with Crippen molar-refractivity contribution in [2.75, 3.05) is 24.5 Å². The Morgan fingerprint density at radius 1 is 1.15 bits per heavy atom. The lowest BCUT2D eigenvalue weighted by Crippen LogP contribution is -2.50. The van der Waals surface area contributed by atoms with Crippen LogP contribution in [0.25, 0.3) is 0 Å². The van der Waals surface area contributed by atoms with E-state index in [1.165, 1.54) is 6.07 Å². The summed E-state index contributed by atoms with van der Waals surface area (Å²) in [6.45, 7) is 2.21. The zero-order chi connectivity index (χ0) is 18.3. The summed E-state index contributed by atoms with van der Waals surface area (Å²) in [5.74, 6) is -0.167. The largest absolute Gasteiger partial charge is 0.393 e. The highest BCUT2D eigenvalue weighted by atomic mass is 35.5. The SMILES string of the molecule is O=C1N(C2CCC(O)CC2)CCC12CCCN(c1cccc(F)c1Cl)C2. The fraction of sp³-hybridized carbons (Fsp3) is 0.650. The standard InChI is InChI=1S/C20H26ClFN2O2/c21-18-16(22)3-1-4-17(18)23-11-2-9-20(13-23)10-12-24(19(20)26)14-5-7-15(25)8-6-14/h1,3-4,14-15,25H,2,5-13H2. The van der Waals surface area contributed by atoms with Crippen LogP contribution < -0.4 is 4.90 Å². The zero-order valence-electron chi connectivity index (χ0n) is 15.0. The van der Waals surface area contributed by atoms with Crippen LogP contribution in [0.5, 0.6) is 0 Å². The Bertz CT molecular complexity index is 692. The van der Waals surface area contributed by atoms with Crippen molar-refractivity contribution in [1.82, 2.24) is 4.90 Å². The number of aliphatic hydroxyl groups is 1. The van der Waals surface area contributed by atoms with Gasteiger partial charge in [-0.2, -0.15) is 0 Å². The summed E-state index contributed by atoms with van der Waals surface area (Å²) >= 11 is 6.19. The van der Waals surface area contributed by atoms with Crippen molar-refractivity contribution in [2.24, 2.45) is 5.41 Å². The summed E-state index contributed by atoms with van der Waals surface area (Å²) < 4.78 is 13.9. The maximum atomic E-state index is 13.9. The Morgan fingerprint density at radius 3 is 2.69 bits per heavy atom. The minimum Gasteiger partial charge on any atom is -0.393 e. The average Bonchev–Trinajstić information content (AvgIpc) is 2.94. The highest BCUT2D eigenvalue weighted by Crippen LogP contribution is 2.44. The Labute approximate surface area is 158 Å². The summed E-state index contributed by atoms with van der Waals surface area (Å²) in [5, 5.41) is 9.88. The van der Waals surface area contributed by atoms with Crippen LogP contribution in [0.4, 0.5) is 10.1 Å². The maximum Gasteiger partial charge on any atom is 0.230 e. The first kappa shape index (κ1) is 18.1. The number of benzene rings is 1. The van der Waals surface area contributed by atoms with Crippen molar-refractivity contribution in [3.63, 3.8) is 0 Å². The predicted molar refractivity (Wildman–Crippen MR) is 99.9 cm³/mol. The first-order chi connectivity index (χ1) is 12.5. The van der Waals surface area contributed by atoms with Gasteiger partial charge in [0.15, 0.2) is 0 Å². The number of likely N-dealkylation sites (tertiary alicyclic amines) is 1. The molecular formula is C20H26ClFN2O2. The number of amides is 1. The molecule has 4 nitrogen and oxygen atoms in total. The van der Waals surface area contributed by atoms with Gasteiger partial charge in [0.1, 0.15) is 5.82 Å². The van der Waals surface area contributed by atoms with Gasteiger partial charge in [-0.25, -0.2) is 4.39 Å². The third kappa shape index (κ3) is 3.09. The zero-order valence-corrected chi connectivity index (χ0v) is 15.7. The quantitative estimate of drug-likeness (QED) is 0.852. The van der Waals surface area contributed by atoms with Gasteiger partial charge in [-0.15, -0.1) is 0 Å². The molecule has 26 heavy (non-hydrogen) atoms. The van der Waals surface area contributed by atoms with Crippen LogP contribution in [0, 0.1) is 11.2 Å². The van der Waals surface area contributed by atoms with Crippen LogP contribution in [-0.2, 0) is 4.79 Å². The number of aliphatic hydroxyl groups excluding tert-OH is 1. The van der Waals surface area contributed by atoms with Crippen LogP contribution >= 0.6 is 11.6 Å². The number of anilines is 1. The van der Waals surface area contributed by atoms with Gasteiger partial charge in [0.2, 0.25) is 5.91 Å². The van der Waals surface area contributed by atoms with E-state index in [4.69, 9.17) is 11.6 Å². The normalized spacial score (nSPS) is 32.5. The van der Waals surface area contributed by atoms with Gasteiger partial charge in [0.05, 0.1) is 22.2 Å². The first-order valence-electron chi connectivity index (χ1n) is 9.68. The van der Waals surface area contributed by atoms with Crippen LogP contribution in [0.1, 0.15) is 44.9 Å². The van der Waals surface area contributed by atoms with E-state index in [9.17, 15) is 14.3 Å². The van der Waals surface area contributed by atoms with Gasteiger partial charge in [0.25, 0.3) is 0 Å². The summed E-state index contributed by atoms with van der Waals surface area (Å²) in [4.78, 5) is 17.5. The molecule has 0 aromatic heterocycles. The molecule has 2 heterocycles. The number of hydrogen-bond donors (Lipinski definition) is 1. The molecule has 0 bridgehead atoms. The molecule has 142 valence electrons. The Hall–Kier alpha value is -1.33. The number of rotatable bonds is 2. The predicted octanol–water partition coefficient (Wildman–Crippen LogP) is 3.60. The molecule has 1 aliphatic carbocycles. The lowest BCUT2D eigenvalue weighted by atomic mass is 9.78. The summed E-state index contributed by atoms with van der Waals surface area (Å²) in [5.41, 5.74) is 0.321. The van der Waals surface area contributed by atoms with Crippen LogP contribution in [0.15, 0.2) is 18.2 Å². The van der Waals surface area contributed by atoms with Crippen LogP contribution in [-0.4, -0.2) is 47.7 Å². The lowest BCUT2D eigenvalue weighted by Gasteiger charge is -2.41. The molecule has 1 spiro atoms. The monoisotopic (exact) mass is 380 g/mol. The first-order valence-corrected chi connectivity index (χ1v) is 10.1. The number of halogens is 2. The molecule has 0 radical (unpaired) electrons. The molecule has 1 N–H and O–H groups in total. The van der Waals surface area contributed by atoms with Crippen molar-refractivity contribution < 1.29 is 14.3 Å². The van der Waals surface area contributed by atoms with Gasteiger partial charge in [-0.1, -0.05) is 17.7 Å². The smallest absolute Gasteiger partial charge is 0.230 e. The van der Waals surface area contributed by atoms with Crippen molar-refractivity contribution in [2.45, 2.75) is 57.1 Å². The molecule has 1 unspecified atom stereocenters. The van der Waals surface area contributed by atoms with E-state index in [1.807, 2.05) is 6.07 Å². The second-order valence-corrected chi connectivity index (χ2v) is 8.47. The molecule has 1 aromatic carbocycles. The molecule has 3 fully saturated rings. The topological polar surface area (TPSA) is 43.8 Å². The molecule has 2 aliphatic heterocycles. The highest BCUT2D eigenvalue weighted by Gasteiger charge is 2.50. The van der Waals surface area contributed by atoms with Crippen LogP contribution in [0.2, 0.25) is 5.02 Å². The second-order valence-electron chi connectivity index (χ2n) is 8.09. The summed E-state index contributed by atoms with van der Waals surface area (Å²) in [6, 6.07) is 5.14. The van der Waals surface area contributed by atoms with Gasteiger partial charge in [-0.3, -0.25) is 4.79 Å². The van der Waals surface area contributed by atoms with Gasteiger partial charge in [-0.05, 0) is 57.1 Å². The van der Waals surface area contributed by atoms with E-state index < -0.39 is 5.82 Å². The molecular weight excluding hydrogens is 355 g/mol. The minimum atomic E-state index is -0.413. The number of hydrogen-bond acceptors (Lipinski definition) is 3. The number of carbonyl (C=O) groups is 1. The number of nitrogens with zero attached hydrogens (tertiary/aromatic N) is 2. The average molecular weight is 381 g/mol. The summed E-state index contributed by atoms with van der Waals surface area (Å²) in [6.07, 6.45) is 5.80. The Morgan fingerprint density at radius 2 is 1.92 bits per heavy atom. The fourth-order valence-corrected chi connectivity index (χ4v) is 5.26. The van der Waals surface area contributed by atoms with Gasteiger partial charge >= 0.3 is 0 Å². The Balaban J connectivity index is 1.52. The maximum absolute atomic E-state index is 13.9. The van der Waals surface area contributed by atoms with Gasteiger partial charge in [0, 0.05) is 25.7 Å². The molecule has 1 saturated carbocycles. The van der Waals surface area contributed by atoms with E-state index in [0.717, 1.165) is 58.0 Å². The molecule has 3 aliphatic rings. The van der Waals surface area contributed by atoms with E-state index in [0.29, 0.717) is 12.2 Å². The molecule has 1 atom stereocenters. The fourth-order valence-electron chi connectivity index (χ4n) is 5.02. The molecule has 1 aromatic rings. The second kappa shape index (κ2) is 7.01. The third-order valence-electron chi connectivity index (χ3n) is 6.50. The Kier molecular flexibility index (Phi) is 4.86. The molecule has 1 amide bonds. The molecule has 4 rings (SSSR count). The number of carbonyl (C=O) groups excluding carboxylic acids is 1. The van der Waals surface area contributed by atoms with Crippen molar-refractivity contribution in [1.29, 1.82) is 0 Å². The van der Waals surface area contributed by atoms with E-state index in [-0.39, 0.29) is 28.5 Å². The number of piperidine rings is 1. The van der Waals surface area contributed by atoms with Crippen LogP contribution in [0.3, 0.4) is 0 Å². The van der Waals surface area contributed by atoms with Crippen molar-refractivity contribution >= 4 is 23.2 Å². The van der Waals surface area contributed by atoms with E-state index in [2.05, 4.69) is 9.80 Å². The lowest BCUT2D eigenvalue weighted by molar-refractivity contribution is -0.139. The van der Waals surface area contributed by atoms with E-state index in [1.54, 1.807) is 6.07 Å². The molecule has 2 saturated heterocycles. The highest BCUT2D eigenvalue weighted by molar-refractivity contribution is 6.33. The van der Waals surface area contributed by atoms with Crippen molar-refractivity contribution in [3.8, 4) is 0 Å². The minimum absolute atomic E-state index is 0.146. The van der Waals surface area contributed by atoms with Crippen molar-refractivity contribution in [3.05, 3.63) is 29.0 Å². The molecule has 6 heteroatoms. The summed E-state index contributed by atoms with van der Waals surface area (Å²) in [7, 11) is 0. The van der Waals surface area contributed by atoms with Gasteiger partial charge < -0.3 is 14.9 Å².